The van der Waals surface area contributed by atoms with Crippen LogP contribution in [0.25, 0.3) is 0 Å². The molecule has 0 rings (SSSR count). The topological polar surface area (TPSA) is 207 Å². The first-order valence-corrected chi connectivity index (χ1v) is 27.2. The van der Waals surface area contributed by atoms with Crippen molar-refractivity contribution in [2.24, 2.45) is 0 Å². The summed E-state index contributed by atoms with van der Waals surface area (Å²) >= 11 is -7.64. The summed E-state index contributed by atoms with van der Waals surface area (Å²) in [4.78, 5) is 0. The van der Waals surface area contributed by atoms with E-state index in [9.17, 15) is 5.37 Å². The Morgan fingerprint density at radius 3 is 1.08 bits per heavy atom. The molecule has 2 N–H and O–H groups in total. The fourth-order valence-electron chi connectivity index (χ4n) is 0.0752. The van der Waals surface area contributed by atoms with Crippen LogP contribution in [-0.2, 0) is 57.2 Å². The van der Waals surface area contributed by atoms with Crippen LogP contribution < -0.4 is 0 Å². The van der Waals surface area contributed by atoms with Crippen LogP contribution in [0.5, 0.6) is 0 Å². The normalized spacial score (nSPS) is 6.42. The van der Waals surface area contributed by atoms with Gasteiger partial charge in [-0.05, 0) is 0 Å². The Labute approximate surface area is 226 Å². The third-order valence-corrected chi connectivity index (χ3v) is 8.87. The SMILES string of the molecule is O=[SH-]=O.OOO[O][Pb]=[S].OOO[O][Pb]=[S].[O]=[Pb].[O]=[Pb].[O]=[Pb][O][Pb]=[O]. The molecular formula is H3O15Pb6S3-. The quantitative estimate of drug-likeness (QED) is 0.0647. The zero-order valence-electron chi connectivity index (χ0n) is 10.5. The summed E-state index contributed by atoms with van der Waals surface area (Å²) in [6.07, 6.45) is 0. The fraction of sp³-hybridized carbons (Fsp3) is 0. The van der Waals surface area contributed by atoms with Crippen molar-refractivity contribution in [3.05, 3.63) is 0 Å². The van der Waals surface area contributed by atoms with Gasteiger partial charge in [-0.1, -0.05) is 11.6 Å². The van der Waals surface area contributed by atoms with E-state index in [0.717, 1.165) is 0 Å². The molecule has 0 saturated heterocycles. The minimum absolute atomic E-state index is 0.0556. The average Bonchev–Trinajstić information content (AvgIpc) is 2.64. The van der Waals surface area contributed by atoms with Crippen LogP contribution in [-0.4, -0.2) is 157 Å². The van der Waals surface area contributed by atoms with Crippen LogP contribution in [0.2, 0.25) is 0 Å². The summed E-state index contributed by atoms with van der Waals surface area (Å²) in [5.74, 6) is 0. The molecular weight excluding hydrogens is 1580 g/mol. The molecule has 0 aliphatic rings. The zero-order chi connectivity index (χ0) is 20.5. The molecule has 0 aromatic carbocycles. The minimum atomic E-state index is -1.93. The molecule has 0 fully saturated rings. The maximum atomic E-state index is 9.35. The van der Waals surface area contributed by atoms with Crippen LogP contribution in [0, 0.1) is 0 Å². The van der Waals surface area contributed by atoms with Crippen LogP contribution in [0.1, 0.15) is 0 Å². The molecule has 24 heteroatoms. The molecule has 0 bridgehead atoms. The molecule has 136 valence electrons. The molecule has 0 aliphatic heterocycles. The Morgan fingerprint density at radius 2 is 1.04 bits per heavy atom. The third-order valence-electron chi connectivity index (χ3n) is 0.280. The molecule has 8 radical (unpaired) electrons. The van der Waals surface area contributed by atoms with Crippen molar-refractivity contribution >= 4 is 175 Å². The fourth-order valence-corrected chi connectivity index (χ4v) is 2.31. The summed E-state index contributed by atoms with van der Waals surface area (Å²) in [5, 5.41) is 27.8. The second kappa shape index (κ2) is 70.8. The molecule has 15 nitrogen and oxygen atoms in total. The predicted molar refractivity (Wildman–Crippen MR) is 75.4 cm³/mol. The standard InChI is InChI=1S/2H2O4.HO2S.5O.6Pb.2S/c2*1-3-4-2;1-3-2;;;;;;;;;;;;;/h2*1-2H;3H;;;;;;;;;;;;;/q;;-1;;;;;;;;;;2*+1;;/p-2. The van der Waals surface area contributed by atoms with E-state index in [0.29, 0.717) is 0 Å². The Bertz CT molecular complexity index is 250. The van der Waals surface area contributed by atoms with E-state index >= 15 is 0 Å². The van der Waals surface area contributed by atoms with Crippen molar-refractivity contribution in [2.75, 3.05) is 0 Å². The Hall–Kier alpha value is 4.76. The number of rotatable bonds is 8. The van der Waals surface area contributed by atoms with E-state index in [1.165, 1.54) is 0 Å². The van der Waals surface area contributed by atoms with E-state index in [2.05, 4.69) is 43.8 Å². The molecule has 0 aromatic rings. The van der Waals surface area contributed by atoms with Crippen LogP contribution >= 0.6 is 17.3 Å². The summed E-state index contributed by atoms with van der Waals surface area (Å²) in [7, 11) is 8.75. The van der Waals surface area contributed by atoms with Crippen molar-refractivity contribution in [2.45, 2.75) is 0 Å². The predicted octanol–water partition coefficient (Wildman–Crippen LogP) is -2.43. The molecule has 0 saturated carbocycles. The van der Waals surface area contributed by atoms with Gasteiger partial charge in [-0.25, -0.2) is 0 Å². The summed E-state index contributed by atoms with van der Waals surface area (Å²) in [6, 6.07) is 0. The Morgan fingerprint density at radius 1 is 0.792 bits per heavy atom. The first kappa shape index (κ1) is 42.8. The van der Waals surface area contributed by atoms with Gasteiger partial charge in [0.1, 0.15) is 0 Å². The molecule has 0 atom stereocenters. The number of hydrogen-bond acceptors (Lipinski definition) is 18. The van der Waals surface area contributed by atoms with E-state index < -0.39 is 106 Å². The molecule has 24 heavy (non-hydrogen) atoms. The van der Waals surface area contributed by atoms with Gasteiger partial charge in [0.2, 0.25) is 0 Å². The summed E-state index contributed by atoms with van der Waals surface area (Å²) < 4.78 is 64.3. The second-order valence-electron chi connectivity index (χ2n) is 0.962. The first-order valence-electron chi connectivity index (χ1n) is 3.44. The van der Waals surface area contributed by atoms with Crippen molar-refractivity contribution in [3.8, 4) is 0 Å². The van der Waals surface area contributed by atoms with Crippen LogP contribution in [0.3, 0.4) is 0 Å². The van der Waals surface area contributed by atoms with Gasteiger partial charge in [-0.15, -0.1) is 0 Å². The van der Waals surface area contributed by atoms with E-state index in [1.54, 1.807) is 0 Å². The van der Waals surface area contributed by atoms with Crippen molar-refractivity contribution < 1.29 is 56.1 Å². The van der Waals surface area contributed by atoms with E-state index in [4.69, 9.17) is 24.3 Å². The van der Waals surface area contributed by atoms with Gasteiger partial charge in [0, 0.05) is 0 Å². The van der Waals surface area contributed by atoms with Crippen LogP contribution in [0.15, 0.2) is 0 Å². The Kier molecular flexibility index (Phi) is 126. The van der Waals surface area contributed by atoms with Crippen LogP contribution in [0.4, 0.5) is 0 Å². The second-order valence-corrected chi connectivity index (χ2v) is 15.7. The first-order chi connectivity index (χ1) is 11.7. The maximum absolute atomic E-state index is 9.35. The van der Waals surface area contributed by atoms with Gasteiger partial charge in [0.15, 0.2) is 0 Å². The van der Waals surface area contributed by atoms with E-state index in [-0.39, 0.29) is 51.6 Å². The van der Waals surface area contributed by atoms with Gasteiger partial charge in [0.05, 0.1) is 0 Å². The van der Waals surface area contributed by atoms with Crippen molar-refractivity contribution in [1.29, 1.82) is 0 Å². The Balaban J connectivity index is -0.0000000429. The average molecular weight is 1580 g/mol. The van der Waals surface area contributed by atoms with Crippen molar-refractivity contribution in [3.63, 3.8) is 0 Å². The van der Waals surface area contributed by atoms with Gasteiger partial charge in [-0.3, -0.25) is 0 Å². The monoisotopic (exact) mass is 1590 g/mol. The number of thiol groups is 1. The summed E-state index contributed by atoms with van der Waals surface area (Å²) in [6.45, 7) is 0. The van der Waals surface area contributed by atoms with Gasteiger partial charge in [0.25, 0.3) is 0 Å². The molecule has 0 heterocycles. The zero-order valence-corrected chi connectivity index (χ0v) is 36.3. The molecule has 0 spiro atoms. The number of hydrogen-bond donors (Lipinski definition) is 2. The van der Waals surface area contributed by atoms with E-state index in [1.807, 2.05) is 0 Å². The summed E-state index contributed by atoms with van der Waals surface area (Å²) in [5.41, 5.74) is 0. The molecule has 0 unspecified atom stereocenters. The van der Waals surface area contributed by atoms with Crippen molar-refractivity contribution in [1.82, 2.24) is 0 Å². The van der Waals surface area contributed by atoms with Gasteiger partial charge >= 0.3 is 211 Å². The third kappa shape index (κ3) is 109. The van der Waals surface area contributed by atoms with Gasteiger partial charge in [-0.2, -0.15) is 0 Å². The van der Waals surface area contributed by atoms with Gasteiger partial charge < -0.3 is 8.42 Å². The molecule has 0 aromatic heterocycles. The molecule has 0 amide bonds. The molecule has 0 aliphatic carbocycles.